The molecule has 1 aromatic carbocycles. The molecule has 2 rings (SSSR count). The molecule has 0 aromatic heterocycles. The lowest BCUT2D eigenvalue weighted by atomic mass is 10.0. The van der Waals surface area contributed by atoms with Gasteiger partial charge in [0.2, 0.25) is 6.29 Å². The van der Waals surface area contributed by atoms with Gasteiger partial charge < -0.3 is 9.47 Å². The number of rotatable bonds is 2. The number of benzene rings is 1. The van der Waals surface area contributed by atoms with Crippen LogP contribution in [0.2, 0.25) is 0 Å². The van der Waals surface area contributed by atoms with Crippen molar-refractivity contribution in [1.29, 1.82) is 0 Å². The van der Waals surface area contributed by atoms with Crippen molar-refractivity contribution in [3.05, 3.63) is 29.3 Å². The van der Waals surface area contributed by atoms with Crippen molar-refractivity contribution >= 4 is 0 Å². The van der Waals surface area contributed by atoms with Crippen molar-refractivity contribution in [2.75, 3.05) is 0 Å². The molecule has 2 nitrogen and oxygen atoms in total. The van der Waals surface area contributed by atoms with Gasteiger partial charge in [0, 0.05) is 11.5 Å². The Balaban J connectivity index is 2.25. The molecule has 0 N–H and O–H groups in total. The van der Waals surface area contributed by atoms with Crippen LogP contribution >= 0.6 is 0 Å². The average Bonchev–Trinajstić information content (AvgIpc) is 2.27. The highest BCUT2D eigenvalue weighted by Gasteiger charge is 2.23. The first-order chi connectivity index (χ1) is 7.58. The lowest BCUT2D eigenvalue weighted by molar-refractivity contribution is -0.132. The molecule has 2 heteroatoms. The van der Waals surface area contributed by atoms with E-state index in [0.29, 0.717) is 18.4 Å². The number of hydrogen-bond acceptors (Lipinski definition) is 2. The Labute approximate surface area is 97.6 Å². The van der Waals surface area contributed by atoms with Crippen molar-refractivity contribution in [3.63, 3.8) is 0 Å². The Morgan fingerprint density at radius 1 is 1.19 bits per heavy atom. The van der Waals surface area contributed by atoms with E-state index in [0.717, 1.165) is 11.3 Å². The van der Waals surface area contributed by atoms with Crippen LogP contribution in [0, 0.1) is 5.92 Å². The van der Waals surface area contributed by atoms with Gasteiger partial charge in [-0.15, -0.1) is 0 Å². The second-order valence-electron chi connectivity index (χ2n) is 5.06. The molecule has 16 heavy (non-hydrogen) atoms. The van der Waals surface area contributed by atoms with Gasteiger partial charge in [-0.05, 0) is 17.5 Å². The molecule has 0 fully saturated rings. The summed E-state index contributed by atoms with van der Waals surface area (Å²) in [5, 5.41) is 0. The summed E-state index contributed by atoms with van der Waals surface area (Å²) in [6.45, 7) is 9.28. The third-order valence-electron chi connectivity index (χ3n) is 2.95. The molecular formula is C14H20O2. The Hall–Kier alpha value is -1.02. The second kappa shape index (κ2) is 4.46. The molecule has 0 aliphatic carbocycles. The molecule has 1 heterocycles. The highest BCUT2D eigenvalue weighted by atomic mass is 16.7. The Bertz CT molecular complexity index is 369. The van der Waals surface area contributed by atoms with E-state index in [1.807, 2.05) is 0 Å². The summed E-state index contributed by atoms with van der Waals surface area (Å²) < 4.78 is 11.5. The minimum absolute atomic E-state index is 0.102. The third-order valence-corrected chi connectivity index (χ3v) is 2.95. The molecule has 1 atom stereocenters. The maximum absolute atomic E-state index is 5.86. The predicted octanol–water partition coefficient (Wildman–Crippen LogP) is 3.70. The van der Waals surface area contributed by atoms with E-state index in [4.69, 9.17) is 9.47 Å². The first kappa shape index (κ1) is 11.5. The predicted molar refractivity (Wildman–Crippen MR) is 64.6 cm³/mol. The summed E-state index contributed by atoms with van der Waals surface area (Å²) >= 11 is 0. The first-order valence-corrected chi connectivity index (χ1v) is 5.99. The Kier molecular flexibility index (Phi) is 3.20. The highest BCUT2D eigenvalue weighted by Crippen LogP contribution is 2.31. The summed E-state index contributed by atoms with van der Waals surface area (Å²) in [4.78, 5) is 0. The van der Waals surface area contributed by atoms with Crippen LogP contribution < -0.4 is 4.74 Å². The average molecular weight is 220 g/mol. The smallest absolute Gasteiger partial charge is 0.202 e. The minimum atomic E-state index is -0.102. The zero-order chi connectivity index (χ0) is 11.7. The molecule has 0 spiro atoms. The van der Waals surface area contributed by atoms with Crippen LogP contribution in [-0.4, -0.2) is 6.29 Å². The van der Waals surface area contributed by atoms with Crippen molar-refractivity contribution in [1.82, 2.24) is 0 Å². The molecule has 1 unspecified atom stereocenters. The van der Waals surface area contributed by atoms with Crippen LogP contribution in [0.5, 0.6) is 5.75 Å². The van der Waals surface area contributed by atoms with Gasteiger partial charge in [0.05, 0.1) is 6.61 Å². The monoisotopic (exact) mass is 220 g/mol. The first-order valence-electron chi connectivity index (χ1n) is 5.99. The zero-order valence-electron chi connectivity index (χ0n) is 10.5. The molecule has 0 radical (unpaired) electrons. The van der Waals surface area contributed by atoms with Gasteiger partial charge in [-0.2, -0.15) is 0 Å². The number of fused-ring (bicyclic) bond motifs is 1. The van der Waals surface area contributed by atoms with Crippen LogP contribution in [0.1, 0.15) is 44.7 Å². The van der Waals surface area contributed by atoms with Crippen molar-refractivity contribution < 1.29 is 9.47 Å². The highest BCUT2D eigenvalue weighted by molar-refractivity contribution is 5.39. The van der Waals surface area contributed by atoms with E-state index in [9.17, 15) is 0 Å². The lowest BCUT2D eigenvalue weighted by Gasteiger charge is -2.29. The summed E-state index contributed by atoms with van der Waals surface area (Å²) in [5.74, 6) is 1.92. The number of ether oxygens (including phenoxy) is 2. The quantitative estimate of drug-likeness (QED) is 0.756. The largest absolute Gasteiger partial charge is 0.464 e. The number of hydrogen-bond donors (Lipinski definition) is 0. The van der Waals surface area contributed by atoms with Gasteiger partial charge in [0.25, 0.3) is 0 Å². The van der Waals surface area contributed by atoms with Gasteiger partial charge in [-0.25, -0.2) is 0 Å². The zero-order valence-corrected chi connectivity index (χ0v) is 10.5. The normalized spacial score (nSPS) is 19.8. The van der Waals surface area contributed by atoms with Crippen LogP contribution in [0.3, 0.4) is 0 Å². The van der Waals surface area contributed by atoms with Gasteiger partial charge >= 0.3 is 0 Å². The van der Waals surface area contributed by atoms with Crippen molar-refractivity contribution in [3.8, 4) is 5.75 Å². The van der Waals surface area contributed by atoms with E-state index in [2.05, 4.69) is 45.9 Å². The molecule has 1 aliphatic rings. The SMILES string of the molecule is CC(C)c1ccc2c(c1)OC(C(C)C)OC2. The van der Waals surface area contributed by atoms with Crippen LogP contribution in [-0.2, 0) is 11.3 Å². The van der Waals surface area contributed by atoms with E-state index in [-0.39, 0.29) is 6.29 Å². The van der Waals surface area contributed by atoms with Crippen molar-refractivity contribution in [2.24, 2.45) is 5.92 Å². The Morgan fingerprint density at radius 3 is 2.56 bits per heavy atom. The fourth-order valence-corrected chi connectivity index (χ4v) is 1.82. The van der Waals surface area contributed by atoms with Crippen LogP contribution in [0.4, 0.5) is 0 Å². The van der Waals surface area contributed by atoms with Crippen LogP contribution in [0.25, 0.3) is 0 Å². The summed E-state index contributed by atoms with van der Waals surface area (Å²) in [5.41, 5.74) is 2.48. The fraction of sp³-hybridized carbons (Fsp3) is 0.571. The molecule has 0 bridgehead atoms. The molecule has 88 valence electrons. The van der Waals surface area contributed by atoms with Crippen molar-refractivity contribution in [2.45, 2.75) is 46.5 Å². The molecule has 0 saturated heterocycles. The lowest BCUT2D eigenvalue weighted by Crippen LogP contribution is -2.30. The molecule has 1 aromatic rings. The molecule has 0 saturated carbocycles. The molecular weight excluding hydrogens is 200 g/mol. The van der Waals surface area contributed by atoms with E-state index < -0.39 is 0 Å². The molecule has 1 aliphatic heterocycles. The summed E-state index contributed by atoms with van der Waals surface area (Å²) in [7, 11) is 0. The standard InChI is InChI=1S/C14H20O2/c1-9(2)11-5-6-12-8-15-14(10(3)4)16-13(12)7-11/h5-7,9-10,14H,8H2,1-4H3. The Morgan fingerprint density at radius 2 is 1.94 bits per heavy atom. The van der Waals surface area contributed by atoms with E-state index in [1.165, 1.54) is 5.56 Å². The van der Waals surface area contributed by atoms with E-state index >= 15 is 0 Å². The summed E-state index contributed by atoms with van der Waals surface area (Å²) in [6.07, 6.45) is -0.102. The minimum Gasteiger partial charge on any atom is -0.464 e. The van der Waals surface area contributed by atoms with Gasteiger partial charge in [0.15, 0.2) is 0 Å². The topological polar surface area (TPSA) is 18.5 Å². The maximum Gasteiger partial charge on any atom is 0.202 e. The van der Waals surface area contributed by atoms with Gasteiger partial charge in [-0.3, -0.25) is 0 Å². The van der Waals surface area contributed by atoms with E-state index in [1.54, 1.807) is 0 Å². The summed E-state index contributed by atoms with van der Waals surface area (Å²) in [6, 6.07) is 6.42. The fourth-order valence-electron chi connectivity index (χ4n) is 1.82. The second-order valence-corrected chi connectivity index (χ2v) is 5.06. The van der Waals surface area contributed by atoms with Gasteiger partial charge in [-0.1, -0.05) is 39.8 Å². The molecule has 0 amide bonds. The van der Waals surface area contributed by atoms with Crippen LogP contribution in [0.15, 0.2) is 18.2 Å². The maximum atomic E-state index is 5.86. The third kappa shape index (κ3) is 2.22. The van der Waals surface area contributed by atoms with Gasteiger partial charge in [0.1, 0.15) is 5.75 Å².